The van der Waals surface area contributed by atoms with Crippen LogP contribution in [-0.4, -0.2) is 36.0 Å². The molecule has 1 aromatic carbocycles. The van der Waals surface area contributed by atoms with Gasteiger partial charge in [-0.05, 0) is 73.4 Å². The van der Waals surface area contributed by atoms with Crippen molar-refractivity contribution in [2.75, 3.05) is 20.2 Å². The average Bonchev–Trinajstić information content (AvgIpc) is 3.31. The number of para-hydroxylation sites is 1. The minimum Gasteiger partial charge on any atom is -0.496 e. The summed E-state index contributed by atoms with van der Waals surface area (Å²) in [5, 5.41) is 7.41. The zero-order chi connectivity index (χ0) is 21.6. The van der Waals surface area contributed by atoms with E-state index >= 15 is 0 Å². The molecule has 6 heteroatoms. The first kappa shape index (κ1) is 21.5. The number of benzene rings is 1. The minimum atomic E-state index is -0.0749. The number of carbonyl (C=O) groups excluding carboxylic acids is 1. The molecular weight excluding hydrogens is 406 g/mol. The number of likely N-dealkylation sites (tertiary alicyclic amines) is 1. The number of rotatable bonds is 7. The van der Waals surface area contributed by atoms with Gasteiger partial charge in [-0.25, -0.2) is 0 Å². The van der Waals surface area contributed by atoms with E-state index in [9.17, 15) is 4.79 Å². The Kier molecular flexibility index (Phi) is 6.99. The number of ether oxygens (including phenoxy) is 1. The lowest BCUT2D eigenvalue weighted by molar-refractivity contribution is 0.0947. The predicted molar refractivity (Wildman–Crippen MR) is 125 cm³/mol. The first-order valence-electron chi connectivity index (χ1n) is 10.7. The van der Waals surface area contributed by atoms with Crippen LogP contribution in [0.25, 0.3) is 0 Å². The van der Waals surface area contributed by atoms with Crippen LogP contribution in [0.3, 0.4) is 0 Å². The lowest BCUT2D eigenvalue weighted by Crippen LogP contribution is -2.33. The topological polar surface area (TPSA) is 54.5 Å². The third kappa shape index (κ3) is 5.32. The fourth-order valence-electron chi connectivity index (χ4n) is 4.21. The molecule has 0 spiro atoms. The molecule has 162 valence electrons. The van der Waals surface area contributed by atoms with Gasteiger partial charge in [-0.15, -0.1) is 0 Å². The van der Waals surface area contributed by atoms with Gasteiger partial charge in [0.05, 0.1) is 18.4 Å². The molecule has 1 aliphatic heterocycles. The molecular formula is C25H29N3O2S. The van der Waals surface area contributed by atoms with E-state index in [1.165, 1.54) is 5.56 Å². The van der Waals surface area contributed by atoms with Gasteiger partial charge in [0.1, 0.15) is 5.75 Å². The molecule has 2 aromatic heterocycles. The van der Waals surface area contributed by atoms with Crippen molar-refractivity contribution in [3.63, 3.8) is 0 Å². The number of aromatic nitrogens is 1. The maximum atomic E-state index is 13.1. The largest absolute Gasteiger partial charge is 0.496 e. The molecule has 31 heavy (non-hydrogen) atoms. The Labute approximate surface area is 188 Å². The van der Waals surface area contributed by atoms with Gasteiger partial charge in [0, 0.05) is 30.3 Å². The molecule has 0 radical (unpaired) electrons. The van der Waals surface area contributed by atoms with E-state index in [0.29, 0.717) is 18.0 Å². The van der Waals surface area contributed by atoms with Crippen LogP contribution >= 0.6 is 11.3 Å². The summed E-state index contributed by atoms with van der Waals surface area (Å²) in [6, 6.07) is 13.8. The van der Waals surface area contributed by atoms with Crippen LogP contribution in [0.1, 0.15) is 51.6 Å². The summed E-state index contributed by atoms with van der Waals surface area (Å²) in [4.78, 5) is 20.4. The SMILES string of the molecule is COc1ccccc1CNC(=O)c1ccc(C)nc1C1CCN(Cc2ccsc2)CC1. The third-order valence-corrected chi connectivity index (χ3v) is 6.63. The van der Waals surface area contributed by atoms with E-state index in [4.69, 9.17) is 9.72 Å². The molecule has 0 unspecified atom stereocenters. The quantitative estimate of drug-likeness (QED) is 0.581. The number of amides is 1. The van der Waals surface area contributed by atoms with Crippen LogP contribution in [-0.2, 0) is 13.1 Å². The molecule has 1 fully saturated rings. The van der Waals surface area contributed by atoms with Crippen molar-refractivity contribution in [3.05, 3.63) is 81.3 Å². The molecule has 3 heterocycles. The van der Waals surface area contributed by atoms with Crippen molar-refractivity contribution in [1.29, 1.82) is 0 Å². The summed E-state index contributed by atoms with van der Waals surface area (Å²) in [6.45, 7) is 5.47. The van der Waals surface area contributed by atoms with Crippen LogP contribution in [0.15, 0.2) is 53.2 Å². The highest BCUT2D eigenvalue weighted by Gasteiger charge is 2.26. The van der Waals surface area contributed by atoms with Crippen LogP contribution in [0.2, 0.25) is 0 Å². The number of carbonyl (C=O) groups is 1. The first-order valence-corrected chi connectivity index (χ1v) is 11.7. The molecule has 5 nitrogen and oxygen atoms in total. The highest BCUT2D eigenvalue weighted by Crippen LogP contribution is 2.30. The average molecular weight is 436 g/mol. The lowest BCUT2D eigenvalue weighted by atomic mass is 9.89. The Bertz CT molecular complexity index is 1010. The maximum Gasteiger partial charge on any atom is 0.253 e. The predicted octanol–water partition coefficient (Wildman–Crippen LogP) is 4.77. The second-order valence-electron chi connectivity index (χ2n) is 8.06. The molecule has 1 N–H and O–H groups in total. The number of piperidine rings is 1. The summed E-state index contributed by atoms with van der Waals surface area (Å²) in [6.07, 6.45) is 2.04. The fraction of sp³-hybridized carbons (Fsp3) is 0.360. The maximum absolute atomic E-state index is 13.1. The number of aryl methyl sites for hydroxylation is 1. The molecule has 3 aromatic rings. The van der Waals surface area contributed by atoms with Crippen molar-refractivity contribution in [2.45, 2.75) is 38.8 Å². The molecule has 0 bridgehead atoms. The molecule has 0 saturated carbocycles. The molecule has 0 aliphatic carbocycles. The van der Waals surface area contributed by atoms with E-state index in [1.807, 2.05) is 43.3 Å². The summed E-state index contributed by atoms with van der Waals surface area (Å²) >= 11 is 1.75. The second-order valence-corrected chi connectivity index (χ2v) is 8.84. The third-order valence-electron chi connectivity index (χ3n) is 5.90. The summed E-state index contributed by atoms with van der Waals surface area (Å²) in [5.41, 5.74) is 4.93. The summed E-state index contributed by atoms with van der Waals surface area (Å²) in [7, 11) is 1.65. The number of methoxy groups -OCH3 is 1. The van der Waals surface area contributed by atoms with Gasteiger partial charge in [-0.1, -0.05) is 18.2 Å². The number of nitrogens with zero attached hydrogens (tertiary/aromatic N) is 2. The van der Waals surface area contributed by atoms with E-state index in [2.05, 4.69) is 27.0 Å². The fourth-order valence-corrected chi connectivity index (χ4v) is 4.86. The monoisotopic (exact) mass is 435 g/mol. The molecule has 1 aliphatic rings. The van der Waals surface area contributed by atoms with E-state index in [1.54, 1.807) is 18.4 Å². The Morgan fingerprint density at radius 2 is 2.00 bits per heavy atom. The van der Waals surface area contributed by atoms with Crippen molar-refractivity contribution >= 4 is 17.2 Å². The smallest absolute Gasteiger partial charge is 0.253 e. The Hall–Kier alpha value is -2.70. The Morgan fingerprint density at radius 3 is 2.74 bits per heavy atom. The number of thiophene rings is 1. The van der Waals surface area contributed by atoms with Crippen LogP contribution in [0.4, 0.5) is 0 Å². The molecule has 1 amide bonds. The van der Waals surface area contributed by atoms with Crippen molar-refractivity contribution < 1.29 is 9.53 Å². The van der Waals surface area contributed by atoms with Crippen LogP contribution < -0.4 is 10.1 Å². The Morgan fingerprint density at radius 1 is 1.19 bits per heavy atom. The van der Waals surface area contributed by atoms with Gasteiger partial charge in [-0.3, -0.25) is 14.7 Å². The van der Waals surface area contributed by atoms with Crippen LogP contribution in [0, 0.1) is 6.92 Å². The lowest BCUT2D eigenvalue weighted by Gasteiger charge is -2.32. The van der Waals surface area contributed by atoms with E-state index < -0.39 is 0 Å². The highest BCUT2D eigenvalue weighted by atomic mass is 32.1. The molecule has 4 rings (SSSR count). The first-order chi connectivity index (χ1) is 15.1. The number of nitrogens with one attached hydrogen (secondary N) is 1. The van der Waals surface area contributed by atoms with Gasteiger partial charge < -0.3 is 10.1 Å². The van der Waals surface area contributed by atoms with Gasteiger partial charge in [0.2, 0.25) is 0 Å². The second kappa shape index (κ2) is 10.1. The van der Waals surface area contributed by atoms with Gasteiger partial charge >= 0.3 is 0 Å². The number of hydrogen-bond acceptors (Lipinski definition) is 5. The molecule has 1 saturated heterocycles. The van der Waals surface area contributed by atoms with Crippen LogP contribution in [0.5, 0.6) is 5.75 Å². The Balaban J connectivity index is 1.43. The molecule has 0 atom stereocenters. The van der Waals surface area contributed by atoms with Gasteiger partial charge in [0.25, 0.3) is 5.91 Å². The van der Waals surface area contributed by atoms with Crippen molar-refractivity contribution in [3.8, 4) is 5.75 Å². The zero-order valence-electron chi connectivity index (χ0n) is 18.1. The summed E-state index contributed by atoms with van der Waals surface area (Å²) < 4.78 is 5.40. The van der Waals surface area contributed by atoms with Crippen molar-refractivity contribution in [2.24, 2.45) is 0 Å². The number of hydrogen-bond donors (Lipinski definition) is 1. The standard InChI is InChI=1S/C25H29N3O2S/c1-18-7-8-22(25(29)26-15-21-5-3-4-6-23(21)30-2)24(27-18)20-9-12-28(13-10-20)16-19-11-14-31-17-19/h3-8,11,14,17,20H,9-10,12-13,15-16H2,1-2H3,(H,26,29). The van der Waals surface area contributed by atoms with Crippen molar-refractivity contribution in [1.82, 2.24) is 15.2 Å². The minimum absolute atomic E-state index is 0.0749. The summed E-state index contributed by atoms with van der Waals surface area (Å²) in [5.74, 6) is 1.02. The van der Waals surface area contributed by atoms with Gasteiger partial charge in [0.15, 0.2) is 0 Å². The zero-order valence-corrected chi connectivity index (χ0v) is 19.0. The highest BCUT2D eigenvalue weighted by molar-refractivity contribution is 7.07. The number of pyridine rings is 1. The van der Waals surface area contributed by atoms with E-state index in [0.717, 1.165) is 55.2 Å². The van der Waals surface area contributed by atoms with Gasteiger partial charge in [-0.2, -0.15) is 11.3 Å². The van der Waals surface area contributed by atoms with E-state index in [-0.39, 0.29) is 5.91 Å². The normalized spacial score (nSPS) is 15.0.